The summed E-state index contributed by atoms with van der Waals surface area (Å²) in [4.78, 5) is 41.4. The highest BCUT2D eigenvalue weighted by Crippen LogP contribution is 2.44. The van der Waals surface area contributed by atoms with Crippen molar-refractivity contribution in [2.45, 2.75) is 77.2 Å². The van der Waals surface area contributed by atoms with Crippen molar-refractivity contribution in [2.24, 2.45) is 0 Å². The van der Waals surface area contributed by atoms with Crippen molar-refractivity contribution in [2.75, 3.05) is 0 Å². The standard InChI is InChI=1S/C33H38N2O7/c1-23-27(41-31(38)40-22-25-17-11-7-12-18-25)28(34-29(36)42-32(2,3)4)33(5,26-19-13-8-14-20-26)35(23)30(37)39-21-24-15-9-6-10-16-24/h6-20,23,27-28H,21-22H2,1-5H3,(H,34,36)/t23-,27+,28-,33+/m1/s1. The lowest BCUT2D eigenvalue weighted by Crippen LogP contribution is -2.56. The SMILES string of the molecule is C[C@@H]1[C@H](OC(=O)OCc2ccccc2)[C@@H](NC(=O)OC(C)(C)C)[C@](C)(c2ccccc2)N1C(=O)OCc1ccccc1. The molecular formula is C33H38N2O7. The van der Waals surface area contributed by atoms with Crippen molar-refractivity contribution >= 4 is 18.3 Å². The van der Waals surface area contributed by atoms with Gasteiger partial charge in [-0.05, 0) is 51.3 Å². The Labute approximate surface area is 246 Å². The first-order chi connectivity index (χ1) is 20.0. The number of rotatable bonds is 7. The highest BCUT2D eigenvalue weighted by Gasteiger charge is 2.61. The van der Waals surface area contributed by atoms with Gasteiger partial charge >= 0.3 is 18.3 Å². The maximum Gasteiger partial charge on any atom is 0.509 e. The molecule has 1 saturated heterocycles. The largest absolute Gasteiger partial charge is 0.509 e. The molecule has 2 amide bonds. The van der Waals surface area contributed by atoms with Crippen LogP contribution >= 0.6 is 0 Å². The zero-order chi connectivity index (χ0) is 30.3. The number of alkyl carbamates (subject to hydrolysis) is 1. The molecule has 222 valence electrons. The summed E-state index contributed by atoms with van der Waals surface area (Å²) in [5.41, 5.74) is 0.336. The third kappa shape index (κ3) is 7.21. The Morgan fingerprint density at radius 3 is 1.83 bits per heavy atom. The Morgan fingerprint density at radius 2 is 1.31 bits per heavy atom. The van der Waals surface area contributed by atoms with Crippen molar-refractivity contribution in [1.82, 2.24) is 10.2 Å². The highest BCUT2D eigenvalue weighted by atomic mass is 16.7. The summed E-state index contributed by atoms with van der Waals surface area (Å²) in [6.07, 6.45) is -3.28. The second-order valence-corrected chi connectivity index (χ2v) is 11.4. The Balaban J connectivity index is 1.67. The molecule has 9 nitrogen and oxygen atoms in total. The van der Waals surface area contributed by atoms with Crippen molar-refractivity contribution in [3.8, 4) is 0 Å². The first kappa shape index (κ1) is 30.4. The third-order valence-electron chi connectivity index (χ3n) is 7.18. The summed E-state index contributed by atoms with van der Waals surface area (Å²) in [5.74, 6) is 0. The van der Waals surface area contributed by atoms with E-state index in [2.05, 4.69) is 5.32 Å². The second kappa shape index (κ2) is 13.0. The molecule has 0 aromatic heterocycles. The molecule has 1 aliphatic heterocycles. The van der Waals surface area contributed by atoms with Crippen molar-refractivity contribution < 1.29 is 33.3 Å². The fourth-order valence-electron chi connectivity index (χ4n) is 5.24. The second-order valence-electron chi connectivity index (χ2n) is 11.4. The zero-order valence-electron chi connectivity index (χ0n) is 24.6. The summed E-state index contributed by atoms with van der Waals surface area (Å²) >= 11 is 0. The minimum Gasteiger partial charge on any atom is -0.445 e. The molecule has 1 N–H and O–H groups in total. The van der Waals surface area contributed by atoms with E-state index < -0.39 is 47.7 Å². The van der Waals surface area contributed by atoms with Gasteiger partial charge in [0, 0.05) is 0 Å². The molecule has 1 aliphatic rings. The van der Waals surface area contributed by atoms with Crippen LogP contribution in [0.25, 0.3) is 0 Å². The van der Waals surface area contributed by atoms with Gasteiger partial charge in [0.2, 0.25) is 0 Å². The molecule has 0 bridgehead atoms. The average molecular weight is 575 g/mol. The van der Waals surface area contributed by atoms with Crippen LogP contribution in [-0.2, 0) is 37.7 Å². The number of hydrogen-bond acceptors (Lipinski definition) is 7. The maximum atomic E-state index is 13.8. The lowest BCUT2D eigenvalue weighted by molar-refractivity contribution is -0.00110. The fraction of sp³-hybridized carbons (Fsp3) is 0.364. The lowest BCUT2D eigenvalue weighted by Gasteiger charge is -2.40. The highest BCUT2D eigenvalue weighted by molar-refractivity contribution is 5.73. The summed E-state index contributed by atoms with van der Waals surface area (Å²) in [5, 5.41) is 2.90. The number of ether oxygens (including phenoxy) is 4. The van der Waals surface area contributed by atoms with Crippen molar-refractivity contribution in [1.29, 1.82) is 0 Å². The first-order valence-electron chi connectivity index (χ1n) is 13.9. The number of hydrogen-bond donors (Lipinski definition) is 1. The van der Waals surface area contributed by atoms with Crippen LogP contribution in [0.1, 0.15) is 51.3 Å². The van der Waals surface area contributed by atoms with Crippen LogP contribution in [0, 0.1) is 0 Å². The van der Waals surface area contributed by atoms with Crippen LogP contribution in [0.2, 0.25) is 0 Å². The normalized spacial score (nSPS) is 21.7. The summed E-state index contributed by atoms with van der Waals surface area (Å²) in [7, 11) is 0. The van der Waals surface area contributed by atoms with E-state index in [0.29, 0.717) is 5.56 Å². The molecule has 42 heavy (non-hydrogen) atoms. The molecular weight excluding hydrogens is 536 g/mol. The molecule has 9 heteroatoms. The van der Waals surface area contributed by atoms with Gasteiger partial charge in [0.15, 0.2) is 0 Å². The molecule has 0 spiro atoms. The number of carbonyl (C=O) groups is 3. The van der Waals surface area contributed by atoms with Crippen LogP contribution in [0.15, 0.2) is 91.0 Å². The van der Waals surface area contributed by atoms with E-state index >= 15 is 0 Å². The Hall–Kier alpha value is -4.53. The molecule has 0 aliphatic carbocycles. The van der Waals surface area contributed by atoms with Gasteiger partial charge in [0.05, 0.1) is 17.6 Å². The number of benzene rings is 3. The van der Waals surface area contributed by atoms with E-state index in [4.69, 9.17) is 18.9 Å². The first-order valence-corrected chi connectivity index (χ1v) is 13.9. The van der Waals surface area contributed by atoms with E-state index in [0.717, 1.165) is 11.1 Å². The predicted octanol–water partition coefficient (Wildman–Crippen LogP) is 6.56. The van der Waals surface area contributed by atoms with Gasteiger partial charge in [-0.2, -0.15) is 0 Å². The van der Waals surface area contributed by atoms with E-state index in [-0.39, 0.29) is 13.2 Å². The quantitative estimate of drug-likeness (QED) is 0.252. The maximum absolute atomic E-state index is 13.8. The van der Waals surface area contributed by atoms with Crippen LogP contribution in [0.3, 0.4) is 0 Å². The van der Waals surface area contributed by atoms with Gasteiger partial charge in [-0.1, -0.05) is 91.0 Å². The third-order valence-corrected chi connectivity index (χ3v) is 7.18. The smallest absolute Gasteiger partial charge is 0.445 e. The summed E-state index contributed by atoms with van der Waals surface area (Å²) < 4.78 is 22.6. The minimum absolute atomic E-state index is 0.00369. The molecule has 0 radical (unpaired) electrons. The molecule has 3 aromatic rings. The van der Waals surface area contributed by atoms with Crippen LogP contribution in [0.5, 0.6) is 0 Å². The van der Waals surface area contributed by atoms with Gasteiger partial charge in [-0.3, -0.25) is 4.90 Å². The van der Waals surface area contributed by atoms with E-state index in [1.165, 1.54) is 4.90 Å². The molecule has 1 fully saturated rings. The number of carbonyl (C=O) groups excluding carboxylic acids is 3. The van der Waals surface area contributed by atoms with E-state index in [1.807, 2.05) is 97.9 Å². The van der Waals surface area contributed by atoms with Crippen molar-refractivity contribution in [3.63, 3.8) is 0 Å². The molecule has 0 saturated carbocycles. The number of nitrogens with zero attached hydrogens (tertiary/aromatic N) is 1. The Morgan fingerprint density at radius 1 is 0.810 bits per heavy atom. The van der Waals surface area contributed by atoms with Crippen LogP contribution in [0.4, 0.5) is 14.4 Å². The number of amides is 2. The van der Waals surface area contributed by atoms with E-state index in [1.54, 1.807) is 27.7 Å². The lowest BCUT2D eigenvalue weighted by atomic mass is 9.84. The van der Waals surface area contributed by atoms with Crippen LogP contribution < -0.4 is 5.32 Å². The van der Waals surface area contributed by atoms with Gasteiger partial charge < -0.3 is 24.3 Å². The Kier molecular flexibility index (Phi) is 9.40. The summed E-state index contributed by atoms with van der Waals surface area (Å²) in [6, 6.07) is 26.1. The topological polar surface area (TPSA) is 103 Å². The molecule has 4 rings (SSSR count). The predicted molar refractivity (Wildman–Crippen MR) is 156 cm³/mol. The van der Waals surface area contributed by atoms with Gasteiger partial charge in [-0.25, -0.2) is 14.4 Å². The molecule has 4 atom stereocenters. The zero-order valence-corrected chi connectivity index (χ0v) is 24.6. The van der Waals surface area contributed by atoms with Crippen molar-refractivity contribution in [3.05, 3.63) is 108 Å². The van der Waals surface area contributed by atoms with E-state index in [9.17, 15) is 14.4 Å². The van der Waals surface area contributed by atoms with Gasteiger partial charge in [0.25, 0.3) is 0 Å². The summed E-state index contributed by atoms with van der Waals surface area (Å²) in [6.45, 7) is 8.86. The molecule has 0 unspecified atom stereocenters. The minimum atomic E-state index is -1.20. The van der Waals surface area contributed by atoms with Gasteiger partial charge in [0.1, 0.15) is 24.9 Å². The molecule has 3 aromatic carbocycles. The van der Waals surface area contributed by atoms with Crippen LogP contribution in [-0.4, -0.2) is 47.0 Å². The monoisotopic (exact) mass is 574 g/mol. The van der Waals surface area contributed by atoms with Gasteiger partial charge in [-0.15, -0.1) is 0 Å². The average Bonchev–Trinajstić information content (AvgIpc) is 3.17. The number of nitrogens with one attached hydrogen (secondary N) is 1. The molecule has 1 heterocycles. The number of likely N-dealkylation sites (tertiary alicyclic amines) is 1. The fourth-order valence-corrected chi connectivity index (χ4v) is 5.24. The Bertz CT molecular complexity index is 1350.